The van der Waals surface area contributed by atoms with Crippen LogP contribution in [0.1, 0.15) is 5.69 Å². The summed E-state index contributed by atoms with van der Waals surface area (Å²) in [5.41, 5.74) is 6.62. The molecule has 14 heavy (non-hydrogen) atoms. The Morgan fingerprint density at radius 3 is 2.86 bits per heavy atom. The smallest absolute Gasteiger partial charge is 0.145 e. The number of hydrogen-bond donors (Lipinski definition) is 1. The number of aromatic nitrogens is 5. The molecule has 0 atom stereocenters. The number of nitrogens with two attached hydrogens (primary N) is 1. The van der Waals surface area contributed by atoms with Crippen LogP contribution in [0.4, 0.5) is 5.82 Å². The van der Waals surface area contributed by atoms with Gasteiger partial charge in [0.15, 0.2) is 0 Å². The molecule has 6 heteroatoms. The third-order valence-corrected chi connectivity index (χ3v) is 2.01. The van der Waals surface area contributed by atoms with Gasteiger partial charge in [0, 0.05) is 11.8 Å². The van der Waals surface area contributed by atoms with Crippen molar-refractivity contribution in [2.24, 2.45) is 0 Å². The first-order valence-corrected chi connectivity index (χ1v) is 4.38. The van der Waals surface area contributed by atoms with Gasteiger partial charge in [0.05, 0.1) is 13.1 Å². The highest BCUT2D eigenvalue weighted by Gasteiger charge is 2.00. The molecule has 2 N–H and O–H groups in total. The zero-order valence-corrected chi connectivity index (χ0v) is 7.96. The van der Waals surface area contributed by atoms with Crippen LogP contribution in [0.15, 0.2) is 18.7 Å². The highest BCUT2D eigenvalue weighted by atomic mass is 15.4. The van der Waals surface area contributed by atoms with Crippen molar-refractivity contribution >= 4 is 5.82 Å². The molecule has 0 radical (unpaired) electrons. The molecule has 0 bridgehead atoms. The fourth-order valence-corrected chi connectivity index (χ4v) is 1.31. The Bertz CT molecular complexity index is 401. The van der Waals surface area contributed by atoms with Crippen molar-refractivity contribution in [2.75, 3.05) is 5.73 Å². The maximum Gasteiger partial charge on any atom is 0.145 e. The molecule has 0 saturated carbocycles. The average molecular weight is 192 g/mol. The summed E-state index contributed by atoms with van der Waals surface area (Å²) in [6, 6.07) is 1.85. The lowest BCUT2D eigenvalue weighted by Crippen LogP contribution is -2.10. The van der Waals surface area contributed by atoms with E-state index in [2.05, 4.69) is 15.2 Å². The van der Waals surface area contributed by atoms with Crippen LogP contribution >= 0.6 is 0 Å². The molecule has 2 rings (SSSR count). The van der Waals surface area contributed by atoms with Gasteiger partial charge in [0.2, 0.25) is 0 Å². The average Bonchev–Trinajstić information content (AvgIpc) is 2.72. The number of nitrogens with zero attached hydrogens (tertiary/aromatic N) is 5. The van der Waals surface area contributed by atoms with Crippen molar-refractivity contribution < 1.29 is 0 Å². The third kappa shape index (κ3) is 1.73. The number of aryl methyl sites for hydroxylation is 3. The standard InChI is InChI=1S/C8H12N6/c1-7-4-8(9)12-14(7)3-2-13-6-10-5-11-13/h4-6H,2-3H2,1H3,(H2,9,12). The topological polar surface area (TPSA) is 74.5 Å². The lowest BCUT2D eigenvalue weighted by atomic mass is 10.4. The monoisotopic (exact) mass is 192 g/mol. The van der Waals surface area contributed by atoms with E-state index in [0.29, 0.717) is 5.82 Å². The molecule has 0 aliphatic rings. The minimum atomic E-state index is 0.557. The second-order valence-electron chi connectivity index (χ2n) is 3.09. The molecule has 0 aliphatic heterocycles. The van der Waals surface area contributed by atoms with E-state index in [1.54, 1.807) is 11.0 Å². The van der Waals surface area contributed by atoms with Crippen molar-refractivity contribution in [3.8, 4) is 0 Å². The van der Waals surface area contributed by atoms with E-state index in [0.717, 1.165) is 18.8 Å². The molecule has 74 valence electrons. The molecule has 0 aromatic carbocycles. The Hall–Kier alpha value is -1.85. The molecule has 0 spiro atoms. The Balaban J connectivity index is 2.01. The molecular formula is C8H12N6. The van der Waals surface area contributed by atoms with Crippen molar-refractivity contribution in [3.05, 3.63) is 24.4 Å². The van der Waals surface area contributed by atoms with E-state index >= 15 is 0 Å². The minimum Gasteiger partial charge on any atom is -0.382 e. The molecular weight excluding hydrogens is 180 g/mol. The fraction of sp³-hybridized carbons (Fsp3) is 0.375. The number of rotatable bonds is 3. The molecule has 0 amide bonds. The van der Waals surface area contributed by atoms with E-state index in [4.69, 9.17) is 5.73 Å². The molecule has 6 nitrogen and oxygen atoms in total. The van der Waals surface area contributed by atoms with Crippen LogP contribution in [0.5, 0.6) is 0 Å². The summed E-state index contributed by atoms with van der Waals surface area (Å²) < 4.78 is 3.62. The zero-order valence-electron chi connectivity index (χ0n) is 7.96. The zero-order chi connectivity index (χ0) is 9.97. The Labute approximate surface area is 81.4 Å². The fourth-order valence-electron chi connectivity index (χ4n) is 1.31. The first kappa shape index (κ1) is 8.74. The van der Waals surface area contributed by atoms with Gasteiger partial charge in [-0.05, 0) is 6.92 Å². The van der Waals surface area contributed by atoms with Crippen molar-refractivity contribution in [2.45, 2.75) is 20.0 Å². The van der Waals surface area contributed by atoms with Crippen LogP contribution < -0.4 is 5.73 Å². The Kier molecular flexibility index (Phi) is 2.18. The van der Waals surface area contributed by atoms with Crippen molar-refractivity contribution in [1.82, 2.24) is 24.5 Å². The maximum absolute atomic E-state index is 5.56. The molecule has 0 saturated heterocycles. The molecule has 2 aromatic rings. The molecule has 0 unspecified atom stereocenters. The van der Waals surface area contributed by atoms with Crippen LogP contribution in [-0.4, -0.2) is 24.5 Å². The summed E-state index contributed by atoms with van der Waals surface area (Å²) in [6.07, 6.45) is 3.20. The quantitative estimate of drug-likeness (QED) is 0.746. The van der Waals surface area contributed by atoms with Gasteiger partial charge in [0.25, 0.3) is 0 Å². The Morgan fingerprint density at radius 1 is 1.43 bits per heavy atom. The van der Waals surface area contributed by atoms with E-state index in [9.17, 15) is 0 Å². The predicted octanol–water partition coefficient (Wildman–Crippen LogP) is 0.0654. The summed E-state index contributed by atoms with van der Waals surface area (Å²) in [7, 11) is 0. The van der Waals surface area contributed by atoms with E-state index in [1.807, 2.05) is 17.7 Å². The maximum atomic E-state index is 5.56. The minimum absolute atomic E-state index is 0.557. The number of nitrogen functional groups attached to an aromatic ring is 1. The summed E-state index contributed by atoms with van der Waals surface area (Å²) in [6.45, 7) is 3.49. The van der Waals surface area contributed by atoms with Crippen LogP contribution in [0.3, 0.4) is 0 Å². The van der Waals surface area contributed by atoms with Gasteiger partial charge in [-0.15, -0.1) is 0 Å². The largest absolute Gasteiger partial charge is 0.382 e. The first-order chi connectivity index (χ1) is 6.75. The van der Waals surface area contributed by atoms with Crippen LogP contribution in [0.2, 0.25) is 0 Å². The lowest BCUT2D eigenvalue weighted by molar-refractivity contribution is 0.493. The normalized spacial score (nSPS) is 10.6. The number of hydrogen-bond acceptors (Lipinski definition) is 4. The highest BCUT2D eigenvalue weighted by molar-refractivity contribution is 5.28. The second kappa shape index (κ2) is 3.49. The van der Waals surface area contributed by atoms with Crippen molar-refractivity contribution in [1.29, 1.82) is 0 Å². The van der Waals surface area contributed by atoms with Gasteiger partial charge in [-0.25, -0.2) is 4.98 Å². The second-order valence-corrected chi connectivity index (χ2v) is 3.09. The van der Waals surface area contributed by atoms with Crippen molar-refractivity contribution in [3.63, 3.8) is 0 Å². The van der Waals surface area contributed by atoms with E-state index in [-0.39, 0.29) is 0 Å². The molecule has 2 heterocycles. The predicted molar refractivity (Wildman–Crippen MR) is 51.4 cm³/mol. The summed E-state index contributed by atoms with van der Waals surface area (Å²) in [5.74, 6) is 0.557. The summed E-state index contributed by atoms with van der Waals surface area (Å²) in [5, 5.41) is 8.14. The molecule has 2 aromatic heterocycles. The van der Waals surface area contributed by atoms with E-state index < -0.39 is 0 Å². The molecule has 0 fully saturated rings. The van der Waals surface area contributed by atoms with Gasteiger partial charge < -0.3 is 5.73 Å². The summed E-state index contributed by atoms with van der Waals surface area (Å²) >= 11 is 0. The third-order valence-electron chi connectivity index (χ3n) is 2.01. The van der Waals surface area contributed by atoms with Gasteiger partial charge >= 0.3 is 0 Å². The SMILES string of the molecule is Cc1cc(N)nn1CCn1cncn1. The van der Waals surface area contributed by atoms with E-state index in [1.165, 1.54) is 6.33 Å². The lowest BCUT2D eigenvalue weighted by Gasteiger charge is -2.03. The van der Waals surface area contributed by atoms with Gasteiger partial charge in [0.1, 0.15) is 18.5 Å². The Morgan fingerprint density at radius 2 is 2.29 bits per heavy atom. The summed E-state index contributed by atoms with van der Waals surface area (Å²) in [4.78, 5) is 3.86. The van der Waals surface area contributed by atoms with Gasteiger partial charge in [-0.1, -0.05) is 0 Å². The van der Waals surface area contributed by atoms with Crippen LogP contribution in [0.25, 0.3) is 0 Å². The first-order valence-electron chi connectivity index (χ1n) is 4.38. The highest BCUT2D eigenvalue weighted by Crippen LogP contribution is 2.03. The van der Waals surface area contributed by atoms with Crippen LogP contribution in [-0.2, 0) is 13.1 Å². The number of anilines is 1. The van der Waals surface area contributed by atoms with Gasteiger partial charge in [-0.2, -0.15) is 10.2 Å². The molecule has 0 aliphatic carbocycles. The van der Waals surface area contributed by atoms with Gasteiger partial charge in [-0.3, -0.25) is 9.36 Å². The van der Waals surface area contributed by atoms with Crippen LogP contribution in [0, 0.1) is 6.92 Å².